The molecule has 4 N–H and O–H groups in total. The van der Waals surface area contributed by atoms with Gasteiger partial charge in [-0.25, -0.2) is 0 Å². The number of hydrogen-bond acceptors (Lipinski definition) is 8. The van der Waals surface area contributed by atoms with Gasteiger partial charge in [-0.2, -0.15) is 0 Å². The van der Waals surface area contributed by atoms with Crippen molar-refractivity contribution in [2.45, 2.75) is 143 Å². The van der Waals surface area contributed by atoms with Gasteiger partial charge in [0.05, 0.1) is 25.4 Å². The Morgan fingerprint density at radius 1 is 1.07 bits per heavy atom. The van der Waals surface area contributed by atoms with Gasteiger partial charge in [-0.3, -0.25) is 4.79 Å². The van der Waals surface area contributed by atoms with Crippen LogP contribution in [0.25, 0.3) is 0 Å². The Morgan fingerprint density at radius 2 is 1.73 bits per heavy atom. The van der Waals surface area contributed by atoms with E-state index in [1.165, 1.54) is 12.7 Å². The predicted octanol–water partition coefficient (Wildman–Crippen LogP) is 5.31. The first-order valence-corrected chi connectivity index (χ1v) is 16.8. The number of hydrogen-bond donors (Lipinski definition) is 4. The van der Waals surface area contributed by atoms with Crippen LogP contribution in [0.2, 0.25) is 0 Å². The lowest BCUT2D eigenvalue weighted by Crippen LogP contribution is -2.65. The minimum Gasteiger partial charge on any atom is -0.469 e. The molecule has 13 unspecified atom stereocenters. The van der Waals surface area contributed by atoms with Crippen molar-refractivity contribution in [1.82, 2.24) is 0 Å². The lowest BCUT2D eigenvalue weighted by molar-refractivity contribution is -0.312. The van der Waals surface area contributed by atoms with Gasteiger partial charge in [0.15, 0.2) is 6.29 Å². The summed E-state index contributed by atoms with van der Waals surface area (Å²) >= 11 is 0. The third-order valence-corrected chi connectivity index (χ3v) is 13.1. The molecule has 1 heterocycles. The topological polar surface area (TPSA) is 126 Å². The van der Waals surface area contributed by atoms with Gasteiger partial charge in [0.1, 0.15) is 18.3 Å². The largest absolute Gasteiger partial charge is 0.469 e. The highest BCUT2D eigenvalue weighted by atomic mass is 16.7. The molecule has 0 spiro atoms. The van der Waals surface area contributed by atoms with Crippen molar-refractivity contribution in [2.24, 2.45) is 39.9 Å². The number of ether oxygens (including phenoxy) is 3. The van der Waals surface area contributed by atoms with E-state index in [9.17, 15) is 25.2 Å². The second kappa shape index (κ2) is 13.1. The number of aliphatic hydroxyl groups excluding tert-OH is 3. The maximum absolute atomic E-state index is 12.5. The minimum atomic E-state index is -1.39. The lowest BCUT2D eigenvalue weighted by Gasteiger charge is -2.68. The van der Waals surface area contributed by atoms with E-state index in [2.05, 4.69) is 54.2 Å². The van der Waals surface area contributed by atoms with Gasteiger partial charge in [0, 0.05) is 6.42 Å². The van der Waals surface area contributed by atoms with Crippen LogP contribution < -0.4 is 0 Å². The molecular weight excluding hydrogens is 560 g/mol. The molecule has 4 fully saturated rings. The zero-order chi connectivity index (χ0) is 32.8. The second-order valence-corrected chi connectivity index (χ2v) is 15.9. The van der Waals surface area contributed by atoms with Crippen LogP contribution in [-0.4, -0.2) is 76.4 Å². The summed E-state index contributed by atoms with van der Waals surface area (Å²) in [6, 6.07) is 0. The lowest BCUT2D eigenvalue weighted by atomic mass is 9.37. The van der Waals surface area contributed by atoms with Crippen LogP contribution in [0.1, 0.15) is 106 Å². The van der Waals surface area contributed by atoms with Crippen LogP contribution in [0, 0.1) is 39.9 Å². The predicted molar refractivity (Wildman–Crippen MR) is 169 cm³/mol. The highest BCUT2D eigenvalue weighted by Crippen LogP contribution is 2.74. The van der Waals surface area contributed by atoms with Gasteiger partial charge in [0.25, 0.3) is 0 Å². The Labute approximate surface area is 265 Å². The number of carbonyl (C=O) groups excluding carboxylic acids is 1. The SMILES string of the molecule is C=C(C)C1CCC2(C)C(CC(OC3OCC(O)C(O)C3O)C3C(C(C)(O)CCC=C(C)C)CCC32C)C1(C)CCC(=O)OC. The molecule has 1 saturated heterocycles. The fourth-order valence-electron chi connectivity index (χ4n) is 10.5. The molecule has 4 aliphatic rings. The smallest absolute Gasteiger partial charge is 0.305 e. The number of esters is 1. The molecule has 0 radical (unpaired) electrons. The summed E-state index contributed by atoms with van der Waals surface area (Å²) in [7, 11) is 1.44. The summed E-state index contributed by atoms with van der Waals surface area (Å²) in [5.74, 6) is 0.121. The van der Waals surface area contributed by atoms with Crippen LogP contribution in [0.3, 0.4) is 0 Å². The van der Waals surface area contributed by atoms with E-state index in [1.54, 1.807) is 0 Å². The van der Waals surface area contributed by atoms with Crippen molar-refractivity contribution in [1.29, 1.82) is 0 Å². The van der Waals surface area contributed by atoms with Crippen molar-refractivity contribution >= 4 is 5.97 Å². The summed E-state index contributed by atoms with van der Waals surface area (Å²) in [6.07, 6.45) is 3.68. The van der Waals surface area contributed by atoms with Crippen LogP contribution in [0.5, 0.6) is 0 Å². The molecule has 0 bridgehead atoms. The fourth-order valence-corrected chi connectivity index (χ4v) is 10.5. The van der Waals surface area contributed by atoms with Gasteiger partial charge in [-0.15, -0.1) is 0 Å². The minimum absolute atomic E-state index is 0.0171. The summed E-state index contributed by atoms with van der Waals surface area (Å²) in [5, 5.41) is 43.7. The molecule has 3 saturated carbocycles. The first-order valence-electron chi connectivity index (χ1n) is 16.8. The van der Waals surface area contributed by atoms with E-state index in [4.69, 9.17) is 14.2 Å². The highest BCUT2D eigenvalue weighted by Gasteiger charge is 2.70. The fraction of sp³-hybridized carbons (Fsp3) is 0.861. The Balaban J connectivity index is 1.78. The standard InChI is InChI=1S/C36H60O8/c1-21(2)11-10-15-36(8,41)24-13-18-35(7)29(24)26(44-32-31(40)30(39)25(37)20-43-32)19-27-33(5,16-14-28(38)42-9)23(22(3)4)12-17-34(27,35)6/h11,23-27,29-32,37,39-41H,3,10,12-20H2,1-2,4-9H3. The van der Waals surface area contributed by atoms with Crippen molar-refractivity contribution in [3.8, 4) is 0 Å². The summed E-state index contributed by atoms with van der Waals surface area (Å²) in [6.45, 7) is 19.6. The Morgan fingerprint density at radius 3 is 2.34 bits per heavy atom. The zero-order valence-corrected chi connectivity index (χ0v) is 28.5. The number of allylic oxidation sites excluding steroid dienone is 3. The van der Waals surface area contributed by atoms with Crippen molar-refractivity contribution < 1.29 is 39.4 Å². The van der Waals surface area contributed by atoms with Crippen LogP contribution >= 0.6 is 0 Å². The zero-order valence-electron chi connectivity index (χ0n) is 28.5. The Kier molecular flexibility index (Phi) is 10.6. The normalized spacial score (nSPS) is 45.0. The maximum atomic E-state index is 12.5. The number of carbonyl (C=O) groups is 1. The molecule has 0 amide bonds. The molecule has 44 heavy (non-hydrogen) atoms. The van der Waals surface area contributed by atoms with Crippen LogP contribution in [0.4, 0.5) is 0 Å². The number of aliphatic hydroxyl groups is 4. The maximum Gasteiger partial charge on any atom is 0.305 e. The molecule has 13 atom stereocenters. The van der Waals surface area contributed by atoms with E-state index in [1.807, 2.05) is 6.92 Å². The monoisotopic (exact) mass is 620 g/mol. The molecule has 0 aromatic heterocycles. The molecule has 0 aromatic rings. The van der Waals surface area contributed by atoms with Gasteiger partial charge < -0.3 is 34.6 Å². The van der Waals surface area contributed by atoms with Gasteiger partial charge >= 0.3 is 5.97 Å². The molecule has 252 valence electrons. The highest BCUT2D eigenvalue weighted by molar-refractivity contribution is 5.69. The Bertz CT molecular complexity index is 1080. The number of rotatable bonds is 10. The summed E-state index contributed by atoms with van der Waals surface area (Å²) in [5.41, 5.74) is 0.879. The molecule has 0 aromatic carbocycles. The van der Waals surface area contributed by atoms with E-state index < -0.39 is 30.2 Å². The molecule has 8 nitrogen and oxygen atoms in total. The van der Waals surface area contributed by atoms with Gasteiger partial charge in [0.2, 0.25) is 0 Å². The third-order valence-electron chi connectivity index (χ3n) is 13.1. The van der Waals surface area contributed by atoms with E-state index in [-0.39, 0.29) is 58.6 Å². The van der Waals surface area contributed by atoms with Gasteiger partial charge in [-0.05, 0) is 119 Å². The van der Waals surface area contributed by atoms with Crippen molar-refractivity contribution in [3.63, 3.8) is 0 Å². The van der Waals surface area contributed by atoms with E-state index in [0.717, 1.165) is 37.7 Å². The first-order chi connectivity index (χ1) is 20.4. The number of fused-ring (bicyclic) bond motifs is 3. The molecule has 4 rings (SSSR count). The molecule has 8 heteroatoms. The van der Waals surface area contributed by atoms with Crippen LogP contribution in [0.15, 0.2) is 23.8 Å². The molecular formula is C36H60O8. The number of methoxy groups -OCH3 is 1. The second-order valence-electron chi connectivity index (χ2n) is 15.9. The summed E-state index contributed by atoms with van der Waals surface area (Å²) < 4.78 is 17.6. The molecule has 3 aliphatic carbocycles. The average molecular weight is 621 g/mol. The van der Waals surface area contributed by atoms with Crippen LogP contribution in [-0.2, 0) is 19.0 Å². The molecule has 1 aliphatic heterocycles. The summed E-state index contributed by atoms with van der Waals surface area (Å²) in [4.78, 5) is 12.5. The van der Waals surface area contributed by atoms with E-state index >= 15 is 0 Å². The van der Waals surface area contributed by atoms with Crippen molar-refractivity contribution in [2.75, 3.05) is 13.7 Å². The third kappa shape index (κ3) is 6.21. The van der Waals surface area contributed by atoms with Crippen molar-refractivity contribution in [3.05, 3.63) is 23.8 Å². The Hall–Kier alpha value is -1.29. The van der Waals surface area contributed by atoms with E-state index in [0.29, 0.717) is 25.7 Å². The quantitative estimate of drug-likeness (QED) is 0.147. The van der Waals surface area contributed by atoms with Gasteiger partial charge in [-0.1, -0.05) is 44.6 Å². The average Bonchev–Trinajstić information content (AvgIpc) is 3.33. The first kappa shape index (κ1) is 35.6.